The van der Waals surface area contributed by atoms with Gasteiger partial charge in [0.1, 0.15) is 0 Å². The second-order valence-corrected chi connectivity index (χ2v) is 1.07. The lowest BCUT2D eigenvalue weighted by Crippen LogP contribution is -2.22. The van der Waals surface area contributed by atoms with Gasteiger partial charge in [-0.1, -0.05) is 0 Å². The maximum Gasteiger partial charge on any atom is 0.0892 e. The van der Waals surface area contributed by atoms with Gasteiger partial charge in [0, 0.05) is 6.54 Å². The molecule has 0 aliphatic heterocycles. The van der Waals surface area contributed by atoms with Crippen molar-refractivity contribution in [1.82, 2.24) is 0 Å². The van der Waals surface area contributed by atoms with Gasteiger partial charge in [0.25, 0.3) is 0 Å². The fourth-order valence-corrected chi connectivity index (χ4v) is 0.0745. The van der Waals surface area contributed by atoms with Crippen LogP contribution in [-0.2, 0) is 0 Å². The lowest BCUT2D eigenvalue weighted by Gasteiger charge is -1.97. The van der Waals surface area contributed by atoms with Crippen LogP contribution in [0.15, 0.2) is 0 Å². The maximum atomic E-state index is 8.29. The molecule has 4 N–H and O–H groups in total. The zero-order chi connectivity index (χ0) is 4.99. The summed E-state index contributed by atoms with van der Waals surface area (Å²) in [5, 5.41) is 16.3. The third-order valence-corrected chi connectivity index (χ3v) is 0.483. The van der Waals surface area contributed by atoms with Crippen LogP contribution in [0, 0.1) is 0 Å². The summed E-state index contributed by atoms with van der Waals surface area (Å²) in [5.41, 5.74) is 4.87. The van der Waals surface area contributed by atoms with Crippen LogP contribution in [0.1, 0.15) is 0 Å². The van der Waals surface area contributed by atoms with Crippen LogP contribution < -0.4 is 5.73 Å². The van der Waals surface area contributed by atoms with E-state index in [4.69, 9.17) is 15.9 Å². The van der Waals surface area contributed by atoms with Crippen LogP contribution in [0.3, 0.4) is 0 Å². The average Bonchev–Trinajstić information content (AvgIpc) is 1.65. The fraction of sp³-hybridized carbons (Fsp3) is 1.00. The van der Waals surface area contributed by atoms with E-state index in [9.17, 15) is 0 Å². The van der Waals surface area contributed by atoms with Gasteiger partial charge in [0.2, 0.25) is 0 Å². The molecule has 0 aliphatic carbocycles. The first kappa shape index (κ1) is 15.8. The van der Waals surface area contributed by atoms with Gasteiger partial charge in [-0.3, -0.25) is 0 Å². The SMILES string of the molecule is Cl.Cl.NCC(O)CO. The van der Waals surface area contributed by atoms with Crippen molar-refractivity contribution in [3.63, 3.8) is 0 Å². The molecule has 0 amide bonds. The second kappa shape index (κ2) is 10.4. The fourth-order valence-electron chi connectivity index (χ4n) is 0.0745. The van der Waals surface area contributed by atoms with E-state index in [1.807, 2.05) is 0 Å². The van der Waals surface area contributed by atoms with Crippen molar-refractivity contribution in [3.05, 3.63) is 0 Å². The van der Waals surface area contributed by atoms with Gasteiger partial charge in [0.05, 0.1) is 12.7 Å². The Bertz CT molecular complexity index is 34.5. The minimum absolute atomic E-state index is 0. The number of aliphatic hydroxyl groups is 2. The Morgan fingerprint density at radius 3 is 1.75 bits per heavy atom. The Morgan fingerprint density at radius 2 is 1.75 bits per heavy atom. The van der Waals surface area contributed by atoms with Crippen molar-refractivity contribution in [3.8, 4) is 0 Å². The molecule has 1 atom stereocenters. The topological polar surface area (TPSA) is 66.5 Å². The van der Waals surface area contributed by atoms with E-state index in [1.54, 1.807) is 0 Å². The van der Waals surface area contributed by atoms with Crippen molar-refractivity contribution in [2.45, 2.75) is 6.10 Å². The van der Waals surface area contributed by atoms with Gasteiger partial charge in [0.15, 0.2) is 0 Å². The van der Waals surface area contributed by atoms with Crippen LogP contribution >= 0.6 is 24.8 Å². The third-order valence-electron chi connectivity index (χ3n) is 0.483. The number of hydrogen-bond donors (Lipinski definition) is 3. The highest BCUT2D eigenvalue weighted by atomic mass is 35.5. The summed E-state index contributed by atoms with van der Waals surface area (Å²) in [6.45, 7) is -0.104. The zero-order valence-electron chi connectivity index (χ0n) is 4.28. The Kier molecular flexibility index (Phi) is 20.6. The first-order valence-electron chi connectivity index (χ1n) is 1.80. The average molecular weight is 164 g/mol. The van der Waals surface area contributed by atoms with Crippen LogP contribution in [0.25, 0.3) is 0 Å². The smallest absolute Gasteiger partial charge is 0.0892 e. The van der Waals surface area contributed by atoms with Gasteiger partial charge in [-0.15, -0.1) is 24.8 Å². The Labute approximate surface area is 60.7 Å². The molecule has 3 nitrogen and oxygen atoms in total. The first-order valence-corrected chi connectivity index (χ1v) is 1.80. The molecule has 0 aromatic rings. The summed E-state index contributed by atoms with van der Waals surface area (Å²) < 4.78 is 0. The third kappa shape index (κ3) is 9.68. The highest BCUT2D eigenvalue weighted by Gasteiger charge is 1.92. The van der Waals surface area contributed by atoms with E-state index in [-0.39, 0.29) is 38.0 Å². The minimum Gasteiger partial charge on any atom is -0.394 e. The summed E-state index contributed by atoms with van der Waals surface area (Å²) in [6.07, 6.45) is -0.731. The monoisotopic (exact) mass is 163 g/mol. The Balaban J connectivity index is -0.000000125. The molecule has 0 bridgehead atoms. The predicted octanol–water partition coefficient (Wildman–Crippen LogP) is -0.858. The van der Waals surface area contributed by atoms with Gasteiger partial charge < -0.3 is 15.9 Å². The quantitative estimate of drug-likeness (QED) is 0.497. The molecule has 0 aliphatic rings. The van der Waals surface area contributed by atoms with E-state index in [1.165, 1.54) is 0 Å². The molecule has 5 heteroatoms. The highest BCUT2D eigenvalue weighted by Crippen LogP contribution is 1.69. The summed E-state index contributed by atoms with van der Waals surface area (Å²) in [7, 11) is 0. The molecular weight excluding hydrogens is 153 g/mol. The second-order valence-electron chi connectivity index (χ2n) is 1.07. The predicted molar refractivity (Wildman–Crippen MR) is 36.6 cm³/mol. The highest BCUT2D eigenvalue weighted by molar-refractivity contribution is 5.85. The van der Waals surface area contributed by atoms with Crippen LogP contribution in [-0.4, -0.2) is 29.5 Å². The molecule has 0 fully saturated rings. The summed E-state index contributed by atoms with van der Waals surface area (Å²) in [6, 6.07) is 0. The van der Waals surface area contributed by atoms with Crippen molar-refractivity contribution >= 4 is 24.8 Å². The van der Waals surface area contributed by atoms with Gasteiger partial charge in [-0.25, -0.2) is 0 Å². The molecular formula is C3H11Cl2NO2. The molecule has 0 saturated heterocycles. The van der Waals surface area contributed by atoms with E-state index in [0.29, 0.717) is 0 Å². The standard InChI is InChI=1S/C3H9NO2.2ClH/c4-1-3(6)2-5;;/h3,5-6H,1-2,4H2;2*1H. The Morgan fingerprint density at radius 1 is 1.38 bits per heavy atom. The molecule has 0 saturated carbocycles. The molecule has 0 spiro atoms. The van der Waals surface area contributed by atoms with E-state index in [0.717, 1.165) is 0 Å². The zero-order valence-corrected chi connectivity index (χ0v) is 5.91. The van der Waals surface area contributed by atoms with Crippen LogP contribution in [0.2, 0.25) is 0 Å². The normalized spacial score (nSPS) is 10.9. The summed E-state index contributed by atoms with van der Waals surface area (Å²) in [5.74, 6) is 0. The van der Waals surface area contributed by atoms with Gasteiger partial charge in [-0.05, 0) is 0 Å². The Hall–Kier alpha value is 0.460. The summed E-state index contributed by atoms with van der Waals surface area (Å²) in [4.78, 5) is 0. The maximum absolute atomic E-state index is 8.29. The molecule has 0 radical (unpaired) electrons. The lowest BCUT2D eigenvalue weighted by atomic mass is 10.4. The molecule has 0 aromatic heterocycles. The first-order chi connectivity index (χ1) is 2.81. The molecule has 0 heterocycles. The molecule has 0 aromatic carbocycles. The van der Waals surface area contributed by atoms with Crippen molar-refractivity contribution in [1.29, 1.82) is 0 Å². The number of halogens is 2. The summed E-state index contributed by atoms with van der Waals surface area (Å²) >= 11 is 0. The van der Waals surface area contributed by atoms with Gasteiger partial charge in [-0.2, -0.15) is 0 Å². The molecule has 1 unspecified atom stereocenters. The number of nitrogens with two attached hydrogens (primary N) is 1. The largest absolute Gasteiger partial charge is 0.394 e. The van der Waals surface area contributed by atoms with Crippen molar-refractivity contribution in [2.24, 2.45) is 5.73 Å². The number of hydrogen-bond acceptors (Lipinski definition) is 3. The van der Waals surface area contributed by atoms with Gasteiger partial charge >= 0.3 is 0 Å². The molecule has 0 rings (SSSR count). The van der Waals surface area contributed by atoms with Crippen LogP contribution in [0.4, 0.5) is 0 Å². The van der Waals surface area contributed by atoms with Crippen LogP contribution in [0.5, 0.6) is 0 Å². The lowest BCUT2D eigenvalue weighted by molar-refractivity contribution is 0.102. The number of aliphatic hydroxyl groups excluding tert-OH is 2. The minimum atomic E-state index is -0.731. The van der Waals surface area contributed by atoms with E-state index >= 15 is 0 Å². The van der Waals surface area contributed by atoms with Crippen molar-refractivity contribution in [2.75, 3.05) is 13.2 Å². The van der Waals surface area contributed by atoms with Crippen molar-refractivity contribution < 1.29 is 10.2 Å². The molecule has 8 heavy (non-hydrogen) atoms. The number of rotatable bonds is 2. The van der Waals surface area contributed by atoms with E-state index in [2.05, 4.69) is 0 Å². The molecule has 54 valence electrons. The van der Waals surface area contributed by atoms with E-state index < -0.39 is 6.10 Å².